The molecule has 0 aromatic heterocycles. The Morgan fingerprint density at radius 3 is 2.44 bits per heavy atom. The molecule has 1 saturated heterocycles. The first-order valence-corrected chi connectivity index (χ1v) is 24.9. The first kappa shape index (κ1) is 38.5. The Hall–Kier alpha value is -6.72. The summed E-state index contributed by atoms with van der Waals surface area (Å²) < 4.78 is 0. The van der Waals surface area contributed by atoms with E-state index in [9.17, 15) is 0 Å². The van der Waals surface area contributed by atoms with E-state index in [1.54, 1.807) is 5.70 Å². The Labute approximate surface area is 388 Å². The van der Waals surface area contributed by atoms with Gasteiger partial charge in [-0.05, 0) is 120 Å². The van der Waals surface area contributed by atoms with Crippen molar-refractivity contribution in [3.8, 4) is 0 Å². The molecule has 3 heterocycles. The SMILES string of the molecule is C1=Cc2ccc3c(c2CC1)CCC(C1=NC(C2=CCC(N4C5=C(N6c7c(ccc8ccccc78)C7C=CCCC76)c6ccccc6CC5C5C=CCCC54)C=C2)=NC(c2ccccc2)N1)=C3. The van der Waals surface area contributed by atoms with Crippen LogP contribution in [0.15, 0.2) is 179 Å². The summed E-state index contributed by atoms with van der Waals surface area (Å²) >= 11 is 0. The average Bonchev–Trinajstić information content (AvgIpc) is 3.91. The van der Waals surface area contributed by atoms with Gasteiger partial charge in [-0.25, -0.2) is 9.98 Å². The van der Waals surface area contributed by atoms with Crippen LogP contribution in [0, 0.1) is 11.8 Å². The predicted molar refractivity (Wildman–Crippen MR) is 272 cm³/mol. The van der Waals surface area contributed by atoms with Crippen LogP contribution in [0.3, 0.4) is 0 Å². The second-order valence-electron chi connectivity index (χ2n) is 20.0. The lowest BCUT2D eigenvalue weighted by Gasteiger charge is -2.43. The minimum atomic E-state index is -0.210. The standard InChI is InChI=1S/C61H55N5/c1-2-16-40(17-3-1)59-62-60(64-61(63-59)44-31-34-47-43(36-44)27-26-38-14-4-7-19-46(38)47)41-28-32-45(33-29-41)65-54-24-12-11-23-51(54)53-37-42-18-6-9-21-49(42)57(58(53)65)66-55-25-13-10-22-50(55)52-35-30-39-15-5-8-20-48(39)56(52)66/h1-6,8-11,14-18,20-23,26-30,32,35-36,45,50-51,53-55,59H,7,12-13,19,24-25,31,33-34,37H2,(H,62,63,64). The number of amidine groups is 2. The van der Waals surface area contributed by atoms with Crippen LogP contribution in [0.4, 0.5) is 5.69 Å². The van der Waals surface area contributed by atoms with E-state index >= 15 is 0 Å². The lowest BCUT2D eigenvalue weighted by atomic mass is 9.76. The van der Waals surface area contributed by atoms with Crippen LogP contribution in [0.25, 0.3) is 28.6 Å². The lowest BCUT2D eigenvalue weighted by molar-refractivity contribution is 0.214. The van der Waals surface area contributed by atoms with Crippen LogP contribution in [-0.2, 0) is 19.3 Å². The molecule has 5 aromatic carbocycles. The molecule has 0 bridgehead atoms. The third kappa shape index (κ3) is 6.04. The Morgan fingerprint density at radius 1 is 0.682 bits per heavy atom. The maximum Gasteiger partial charge on any atom is 0.159 e. The molecule has 9 aliphatic rings. The molecule has 66 heavy (non-hydrogen) atoms. The van der Waals surface area contributed by atoms with Gasteiger partial charge in [0.25, 0.3) is 0 Å². The summed E-state index contributed by atoms with van der Waals surface area (Å²) in [6, 6.07) is 39.7. The third-order valence-corrected chi connectivity index (χ3v) is 16.5. The number of aliphatic imine (C=N–C) groups is 2. The van der Waals surface area contributed by atoms with Gasteiger partial charge >= 0.3 is 0 Å². The van der Waals surface area contributed by atoms with E-state index in [-0.39, 0.29) is 12.2 Å². The van der Waals surface area contributed by atoms with Gasteiger partial charge in [0.1, 0.15) is 12.0 Å². The average molecular weight is 858 g/mol. The first-order chi connectivity index (χ1) is 32.7. The molecule has 1 N–H and O–H groups in total. The number of anilines is 1. The number of nitrogens with one attached hydrogen (secondary N) is 1. The fourth-order valence-corrected chi connectivity index (χ4v) is 13.6. The summed E-state index contributed by atoms with van der Waals surface area (Å²) in [4.78, 5) is 16.6. The van der Waals surface area contributed by atoms with Gasteiger partial charge in [0, 0.05) is 52.1 Å². The summed E-state index contributed by atoms with van der Waals surface area (Å²) in [6.45, 7) is 0. The second kappa shape index (κ2) is 15.4. The van der Waals surface area contributed by atoms with Gasteiger partial charge in [-0.2, -0.15) is 0 Å². The molecule has 7 atom stereocenters. The molecule has 5 heteroatoms. The number of hydrogen-bond donors (Lipinski definition) is 1. The van der Waals surface area contributed by atoms with Crippen LogP contribution < -0.4 is 10.2 Å². The van der Waals surface area contributed by atoms with E-state index in [0.717, 1.165) is 80.6 Å². The Kier molecular flexibility index (Phi) is 9.02. The number of fused-ring (bicyclic) bond motifs is 12. The van der Waals surface area contributed by atoms with Gasteiger partial charge in [0.2, 0.25) is 0 Å². The molecule has 324 valence electrons. The zero-order chi connectivity index (χ0) is 43.3. The molecule has 1 fully saturated rings. The van der Waals surface area contributed by atoms with Crippen molar-refractivity contribution in [3.05, 3.63) is 213 Å². The summed E-state index contributed by atoms with van der Waals surface area (Å²) in [5.74, 6) is 3.08. The molecule has 0 amide bonds. The molecule has 5 nitrogen and oxygen atoms in total. The molecular weight excluding hydrogens is 803 g/mol. The predicted octanol–water partition coefficient (Wildman–Crippen LogP) is 13.0. The number of benzene rings is 5. The maximum absolute atomic E-state index is 5.41. The van der Waals surface area contributed by atoms with Gasteiger partial charge in [0.05, 0.1) is 17.4 Å². The normalized spacial score (nSPS) is 27.7. The highest BCUT2D eigenvalue weighted by Crippen LogP contribution is 2.58. The van der Waals surface area contributed by atoms with E-state index in [1.165, 1.54) is 73.1 Å². The van der Waals surface area contributed by atoms with Crippen molar-refractivity contribution in [2.45, 2.75) is 94.4 Å². The first-order valence-electron chi connectivity index (χ1n) is 24.9. The summed E-state index contributed by atoms with van der Waals surface area (Å²) in [6.07, 6.45) is 35.1. The van der Waals surface area contributed by atoms with E-state index in [2.05, 4.69) is 179 Å². The van der Waals surface area contributed by atoms with Crippen LogP contribution in [0.1, 0.15) is 102 Å². The molecule has 0 spiro atoms. The molecule has 14 rings (SSSR count). The Balaban J connectivity index is 0.870. The van der Waals surface area contributed by atoms with Gasteiger partial charge in [0.15, 0.2) is 5.84 Å². The Bertz CT molecular complexity index is 3130. The van der Waals surface area contributed by atoms with Crippen LogP contribution >= 0.6 is 0 Å². The summed E-state index contributed by atoms with van der Waals surface area (Å²) in [5.41, 5.74) is 18.2. The number of nitrogens with zero attached hydrogens (tertiary/aromatic N) is 4. The zero-order valence-corrected chi connectivity index (χ0v) is 37.5. The monoisotopic (exact) mass is 857 g/mol. The van der Waals surface area contributed by atoms with Gasteiger partial charge in [-0.3, -0.25) is 0 Å². The van der Waals surface area contributed by atoms with E-state index in [4.69, 9.17) is 9.98 Å². The third-order valence-electron chi connectivity index (χ3n) is 16.5. The minimum absolute atomic E-state index is 0.210. The fourth-order valence-electron chi connectivity index (χ4n) is 13.6. The van der Waals surface area contributed by atoms with Crippen molar-refractivity contribution in [2.75, 3.05) is 4.90 Å². The Morgan fingerprint density at radius 2 is 1.52 bits per heavy atom. The molecule has 0 saturated carbocycles. The lowest BCUT2D eigenvalue weighted by Crippen LogP contribution is -2.43. The van der Waals surface area contributed by atoms with Crippen molar-refractivity contribution in [1.29, 1.82) is 0 Å². The van der Waals surface area contributed by atoms with Crippen LogP contribution in [0.5, 0.6) is 0 Å². The molecule has 3 aliphatic heterocycles. The summed E-state index contributed by atoms with van der Waals surface area (Å²) in [5, 5.41) is 6.49. The van der Waals surface area contributed by atoms with E-state index < -0.39 is 0 Å². The molecular formula is C61H55N5. The number of likely N-dealkylation sites (tertiary alicyclic amines) is 1. The quantitative estimate of drug-likeness (QED) is 0.179. The van der Waals surface area contributed by atoms with Gasteiger partial charge < -0.3 is 15.1 Å². The second-order valence-corrected chi connectivity index (χ2v) is 20.0. The molecule has 5 aromatic rings. The number of rotatable bonds is 5. The van der Waals surface area contributed by atoms with Crippen molar-refractivity contribution in [2.24, 2.45) is 21.8 Å². The van der Waals surface area contributed by atoms with Crippen molar-refractivity contribution < 1.29 is 0 Å². The van der Waals surface area contributed by atoms with E-state index in [0.29, 0.717) is 29.8 Å². The zero-order valence-electron chi connectivity index (χ0n) is 37.5. The number of hydrogen-bond acceptors (Lipinski definition) is 5. The van der Waals surface area contributed by atoms with Crippen molar-refractivity contribution >= 4 is 46.0 Å². The molecule has 7 unspecified atom stereocenters. The van der Waals surface area contributed by atoms with Gasteiger partial charge in [-0.15, -0.1) is 0 Å². The summed E-state index contributed by atoms with van der Waals surface area (Å²) in [7, 11) is 0. The van der Waals surface area contributed by atoms with Crippen LogP contribution in [-0.4, -0.2) is 34.7 Å². The van der Waals surface area contributed by atoms with Crippen molar-refractivity contribution in [3.63, 3.8) is 0 Å². The highest BCUT2D eigenvalue weighted by Gasteiger charge is 2.52. The minimum Gasteiger partial charge on any atom is -0.362 e. The molecule has 0 radical (unpaired) electrons. The van der Waals surface area contributed by atoms with Gasteiger partial charge in [-0.1, -0.05) is 158 Å². The van der Waals surface area contributed by atoms with E-state index in [1.807, 2.05) is 0 Å². The fraction of sp³-hybridized carbons (Fsp3) is 0.279. The topological polar surface area (TPSA) is 43.2 Å². The largest absolute Gasteiger partial charge is 0.362 e. The van der Waals surface area contributed by atoms with Crippen LogP contribution in [0.2, 0.25) is 0 Å². The smallest absolute Gasteiger partial charge is 0.159 e. The highest BCUT2D eigenvalue weighted by molar-refractivity contribution is 6.15. The highest BCUT2D eigenvalue weighted by atomic mass is 15.3. The molecule has 6 aliphatic carbocycles. The van der Waals surface area contributed by atoms with Crippen molar-refractivity contribution in [1.82, 2.24) is 10.2 Å². The number of allylic oxidation sites excluding steroid dienone is 4. The maximum atomic E-state index is 5.41.